The largest absolute Gasteiger partial charge is 0.443 e. The van der Waals surface area contributed by atoms with Crippen LogP contribution in [0.25, 0.3) is 0 Å². The van der Waals surface area contributed by atoms with E-state index in [0.717, 1.165) is 12.1 Å². The molecule has 0 bridgehead atoms. The van der Waals surface area contributed by atoms with Crippen LogP contribution in [-0.2, 0) is 11.0 Å². The summed E-state index contributed by atoms with van der Waals surface area (Å²) < 4.78 is 73.1. The number of benzene rings is 1. The van der Waals surface area contributed by atoms with Crippen molar-refractivity contribution in [3.63, 3.8) is 0 Å². The molecule has 10 heteroatoms. The second kappa shape index (κ2) is 5.53. The van der Waals surface area contributed by atoms with Gasteiger partial charge in [-0.2, -0.15) is 26.3 Å². The van der Waals surface area contributed by atoms with E-state index in [-0.39, 0.29) is 5.69 Å². The Morgan fingerprint density at radius 2 is 1.48 bits per heavy atom. The van der Waals surface area contributed by atoms with Crippen LogP contribution in [0, 0.1) is 0 Å². The Labute approximate surface area is 114 Å². The Kier molecular flexibility index (Phi) is 4.54. The van der Waals surface area contributed by atoms with Crippen LogP contribution in [0.5, 0.6) is 0 Å². The number of anilines is 1. The third kappa shape index (κ3) is 4.60. The number of alkyl halides is 6. The molecule has 1 rings (SSSR count). The second-order valence-corrected chi connectivity index (χ2v) is 4.11. The predicted molar refractivity (Wildman–Crippen MR) is 57.9 cm³/mol. The van der Waals surface area contributed by atoms with Gasteiger partial charge in [0, 0.05) is 5.69 Å². The molecule has 0 aliphatic carbocycles. The molecular formula is C11H9F6NO3. The molecule has 4 nitrogen and oxygen atoms in total. The molecule has 0 aromatic heterocycles. The minimum absolute atomic E-state index is 0.217. The highest BCUT2D eigenvalue weighted by molar-refractivity contribution is 5.91. The highest BCUT2D eigenvalue weighted by atomic mass is 19.4. The molecule has 1 aromatic carbocycles. The minimum atomic E-state index is -5.44. The molecule has 0 heterocycles. The number of nitrogens with one attached hydrogen (secondary N) is 1. The lowest BCUT2D eigenvalue weighted by molar-refractivity contribution is -0.347. The zero-order chi connectivity index (χ0) is 16.5. The first kappa shape index (κ1) is 17.2. The molecule has 3 N–H and O–H groups in total. The SMILES string of the molecule is O=C(CC(O)(O)C(F)(F)F)Nc1ccc(C(F)(F)F)cc1. The van der Waals surface area contributed by atoms with E-state index >= 15 is 0 Å². The van der Waals surface area contributed by atoms with Gasteiger partial charge in [-0.15, -0.1) is 0 Å². The van der Waals surface area contributed by atoms with E-state index in [4.69, 9.17) is 10.2 Å². The van der Waals surface area contributed by atoms with Crippen LogP contribution in [0.15, 0.2) is 24.3 Å². The van der Waals surface area contributed by atoms with Crippen LogP contribution in [0.2, 0.25) is 0 Å². The first-order valence-corrected chi connectivity index (χ1v) is 5.31. The van der Waals surface area contributed by atoms with Gasteiger partial charge in [-0.1, -0.05) is 0 Å². The Balaban J connectivity index is 2.72. The zero-order valence-electron chi connectivity index (χ0n) is 10.1. The molecule has 0 fully saturated rings. The van der Waals surface area contributed by atoms with Gasteiger partial charge >= 0.3 is 12.4 Å². The summed E-state index contributed by atoms with van der Waals surface area (Å²) in [5.41, 5.74) is -1.22. The van der Waals surface area contributed by atoms with Crippen LogP contribution >= 0.6 is 0 Å². The number of carbonyl (C=O) groups is 1. The molecule has 0 unspecified atom stereocenters. The van der Waals surface area contributed by atoms with Crippen molar-refractivity contribution in [1.29, 1.82) is 0 Å². The highest BCUT2D eigenvalue weighted by Crippen LogP contribution is 2.32. The molecule has 118 valence electrons. The first-order chi connectivity index (χ1) is 9.33. The van der Waals surface area contributed by atoms with Gasteiger partial charge < -0.3 is 15.5 Å². The second-order valence-electron chi connectivity index (χ2n) is 4.11. The maximum Gasteiger partial charge on any atom is 0.443 e. The van der Waals surface area contributed by atoms with Crippen molar-refractivity contribution in [3.8, 4) is 0 Å². The van der Waals surface area contributed by atoms with Crippen LogP contribution in [-0.4, -0.2) is 28.1 Å². The third-order valence-electron chi connectivity index (χ3n) is 2.36. The van der Waals surface area contributed by atoms with Gasteiger partial charge in [0.25, 0.3) is 5.79 Å². The molecule has 0 saturated heterocycles. The summed E-state index contributed by atoms with van der Waals surface area (Å²) in [7, 11) is 0. The zero-order valence-corrected chi connectivity index (χ0v) is 10.1. The summed E-state index contributed by atoms with van der Waals surface area (Å²) in [5.74, 6) is -5.64. The standard InChI is InChI=1S/C11H9F6NO3/c12-10(13,14)6-1-3-7(4-2-6)18-8(19)5-9(20,21)11(15,16)17/h1-4,20-21H,5H2,(H,18,19). The van der Waals surface area contributed by atoms with Gasteiger partial charge in [-0.25, -0.2) is 0 Å². The number of hydrogen-bond donors (Lipinski definition) is 3. The van der Waals surface area contributed by atoms with Gasteiger partial charge in [0.2, 0.25) is 5.91 Å². The molecule has 0 spiro atoms. The summed E-state index contributed by atoms with van der Waals surface area (Å²) in [6, 6.07) is 2.88. The molecule has 0 radical (unpaired) electrons. The summed E-state index contributed by atoms with van der Waals surface area (Å²) in [6.07, 6.45) is -11.7. The Morgan fingerprint density at radius 1 is 1.00 bits per heavy atom. The minimum Gasteiger partial charge on any atom is -0.358 e. The Hall–Kier alpha value is -1.81. The molecular weight excluding hydrogens is 308 g/mol. The smallest absolute Gasteiger partial charge is 0.358 e. The summed E-state index contributed by atoms with van der Waals surface area (Å²) in [6.45, 7) is 0. The summed E-state index contributed by atoms with van der Waals surface area (Å²) in [5, 5.41) is 19.2. The van der Waals surface area contributed by atoms with Crippen molar-refractivity contribution in [2.45, 2.75) is 24.6 Å². The summed E-state index contributed by atoms with van der Waals surface area (Å²) in [4.78, 5) is 11.2. The number of rotatable bonds is 3. The molecule has 21 heavy (non-hydrogen) atoms. The maximum atomic E-state index is 12.3. The van der Waals surface area contributed by atoms with Crippen LogP contribution in [0.1, 0.15) is 12.0 Å². The average molecular weight is 317 g/mol. The van der Waals surface area contributed by atoms with Crippen LogP contribution in [0.3, 0.4) is 0 Å². The van der Waals surface area contributed by atoms with E-state index in [1.54, 1.807) is 0 Å². The van der Waals surface area contributed by atoms with Crippen molar-refractivity contribution in [1.82, 2.24) is 0 Å². The van der Waals surface area contributed by atoms with Gasteiger partial charge in [0.05, 0.1) is 12.0 Å². The lowest BCUT2D eigenvalue weighted by atomic mass is 10.1. The van der Waals surface area contributed by atoms with E-state index in [0.29, 0.717) is 12.1 Å². The lowest BCUT2D eigenvalue weighted by Gasteiger charge is -2.23. The van der Waals surface area contributed by atoms with E-state index in [1.807, 2.05) is 5.32 Å². The topological polar surface area (TPSA) is 69.6 Å². The molecule has 0 aliphatic rings. The van der Waals surface area contributed by atoms with Gasteiger partial charge in [-0.3, -0.25) is 4.79 Å². The number of hydrogen-bond acceptors (Lipinski definition) is 3. The third-order valence-corrected chi connectivity index (χ3v) is 2.36. The van der Waals surface area contributed by atoms with Crippen molar-refractivity contribution in [3.05, 3.63) is 29.8 Å². The highest BCUT2D eigenvalue weighted by Gasteiger charge is 2.54. The number of halogens is 6. The lowest BCUT2D eigenvalue weighted by Crippen LogP contribution is -2.47. The first-order valence-electron chi connectivity index (χ1n) is 5.31. The maximum absolute atomic E-state index is 12.3. The summed E-state index contributed by atoms with van der Waals surface area (Å²) >= 11 is 0. The number of amides is 1. The van der Waals surface area contributed by atoms with E-state index in [2.05, 4.69) is 0 Å². The van der Waals surface area contributed by atoms with Crippen molar-refractivity contribution in [2.24, 2.45) is 0 Å². The Morgan fingerprint density at radius 3 is 1.86 bits per heavy atom. The normalized spacial score (nSPS) is 13.1. The Bertz CT molecular complexity index is 506. The fourth-order valence-electron chi connectivity index (χ4n) is 1.27. The van der Waals surface area contributed by atoms with Gasteiger partial charge in [0.15, 0.2) is 0 Å². The van der Waals surface area contributed by atoms with Crippen molar-refractivity contribution >= 4 is 11.6 Å². The number of aliphatic hydroxyl groups is 2. The number of carbonyl (C=O) groups excluding carboxylic acids is 1. The molecule has 0 aliphatic heterocycles. The average Bonchev–Trinajstić information content (AvgIpc) is 2.25. The van der Waals surface area contributed by atoms with E-state index < -0.39 is 36.0 Å². The molecule has 0 atom stereocenters. The van der Waals surface area contributed by atoms with E-state index in [9.17, 15) is 31.1 Å². The molecule has 0 saturated carbocycles. The van der Waals surface area contributed by atoms with Gasteiger partial charge in [0.1, 0.15) is 0 Å². The molecule has 1 aromatic rings. The predicted octanol–water partition coefficient (Wildman–Crippen LogP) is 2.28. The van der Waals surface area contributed by atoms with Crippen molar-refractivity contribution < 1.29 is 41.4 Å². The van der Waals surface area contributed by atoms with Crippen molar-refractivity contribution in [2.75, 3.05) is 5.32 Å². The van der Waals surface area contributed by atoms with Crippen LogP contribution < -0.4 is 5.32 Å². The fourth-order valence-corrected chi connectivity index (χ4v) is 1.27. The quantitative estimate of drug-likeness (QED) is 0.592. The molecule has 1 amide bonds. The monoisotopic (exact) mass is 317 g/mol. The van der Waals surface area contributed by atoms with E-state index in [1.165, 1.54) is 0 Å². The van der Waals surface area contributed by atoms with Gasteiger partial charge in [-0.05, 0) is 24.3 Å². The fraction of sp³-hybridized carbons (Fsp3) is 0.364. The van der Waals surface area contributed by atoms with Crippen LogP contribution in [0.4, 0.5) is 32.0 Å².